The van der Waals surface area contributed by atoms with Crippen LogP contribution in [0.1, 0.15) is 33.4 Å². The molecule has 0 radical (unpaired) electrons. The highest BCUT2D eigenvalue weighted by Gasteiger charge is 2.24. The average molecular weight is 317 g/mol. The summed E-state index contributed by atoms with van der Waals surface area (Å²) in [5.41, 5.74) is 6.40. The minimum atomic E-state index is -3.61. The molecule has 0 aliphatic carbocycles. The number of anilines is 1. The maximum Gasteiger partial charge on any atom is 0.262 e. The van der Waals surface area contributed by atoms with E-state index in [1.165, 1.54) is 0 Å². The lowest BCUT2D eigenvalue weighted by Crippen LogP contribution is -2.18. The van der Waals surface area contributed by atoms with Crippen molar-refractivity contribution in [2.45, 2.75) is 46.4 Å². The summed E-state index contributed by atoms with van der Waals surface area (Å²) in [6, 6.07) is 7.40. The zero-order valence-electron chi connectivity index (χ0n) is 14.0. The number of rotatable bonds is 3. The number of benzene rings is 2. The molecule has 118 valence electrons. The molecule has 0 fully saturated rings. The lowest BCUT2D eigenvalue weighted by Gasteiger charge is -2.19. The summed E-state index contributed by atoms with van der Waals surface area (Å²) in [6.45, 7) is 11.6. The van der Waals surface area contributed by atoms with Crippen molar-refractivity contribution >= 4 is 15.7 Å². The maximum absolute atomic E-state index is 12.9. The third kappa shape index (κ3) is 2.75. The summed E-state index contributed by atoms with van der Waals surface area (Å²) in [6.07, 6.45) is 0. The fourth-order valence-corrected chi connectivity index (χ4v) is 4.48. The first-order valence-corrected chi connectivity index (χ1v) is 8.80. The summed E-state index contributed by atoms with van der Waals surface area (Å²) in [5, 5.41) is 0. The monoisotopic (exact) mass is 317 g/mol. The quantitative estimate of drug-likeness (QED) is 0.915. The van der Waals surface area contributed by atoms with Crippen molar-refractivity contribution in [3.05, 3.63) is 57.6 Å². The van der Waals surface area contributed by atoms with Crippen LogP contribution < -0.4 is 4.72 Å². The molecule has 0 saturated carbocycles. The first kappa shape index (κ1) is 16.6. The zero-order valence-corrected chi connectivity index (χ0v) is 14.9. The molecule has 0 aliphatic heterocycles. The summed E-state index contributed by atoms with van der Waals surface area (Å²) >= 11 is 0. The molecule has 4 heteroatoms. The Labute approximate surface area is 133 Å². The second-order valence-corrected chi connectivity index (χ2v) is 7.49. The number of nitrogens with one attached hydrogen (secondary N) is 1. The van der Waals surface area contributed by atoms with Gasteiger partial charge in [0.1, 0.15) is 0 Å². The fourth-order valence-electron chi connectivity index (χ4n) is 2.75. The van der Waals surface area contributed by atoms with Crippen molar-refractivity contribution in [1.29, 1.82) is 0 Å². The number of para-hydroxylation sites is 1. The average Bonchev–Trinajstić information content (AvgIpc) is 2.45. The van der Waals surface area contributed by atoms with Gasteiger partial charge in [0.25, 0.3) is 10.0 Å². The lowest BCUT2D eigenvalue weighted by atomic mass is 9.95. The molecule has 0 saturated heterocycles. The van der Waals surface area contributed by atoms with E-state index in [9.17, 15) is 8.42 Å². The Balaban J connectivity index is 2.63. The van der Waals surface area contributed by atoms with E-state index in [-0.39, 0.29) is 0 Å². The van der Waals surface area contributed by atoms with Gasteiger partial charge < -0.3 is 0 Å². The summed E-state index contributed by atoms with van der Waals surface area (Å²) in [5.74, 6) is 0. The first-order valence-electron chi connectivity index (χ1n) is 7.32. The van der Waals surface area contributed by atoms with Crippen molar-refractivity contribution in [1.82, 2.24) is 0 Å². The first-order chi connectivity index (χ1) is 10.2. The Hall–Kier alpha value is -1.81. The Kier molecular flexibility index (Phi) is 4.34. The Morgan fingerprint density at radius 2 is 1.18 bits per heavy atom. The standard InChI is InChI=1S/C18H23NO2S/c1-11-9-7-8-10-17(11)19-22(20,21)18-15(5)13(3)12(2)14(4)16(18)6/h7-10,19H,1-6H3. The van der Waals surface area contributed by atoms with Gasteiger partial charge in [-0.05, 0) is 81.0 Å². The summed E-state index contributed by atoms with van der Waals surface area (Å²) in [7, 11) is -3.61. The van der Waals surface area contributed by atoms with Gasteiger partial charge in [-0.2, -0.15) is 0 Å². The van der Waals surface area contributed by atoms with Crippen LogP contribution in [0.5, 0.6) is 0 Å². The molecule has 22 heavy (non-hydrogen) atoms. The van der Waals surface area contributed by atoms with Crippen LogP contribution in [0.2, 0.25) is 0 Å². The minimum Gasteiger partial charge on any atom is -0.279 e. The zero-order chi connectivity index (χ0) is 16.7. The summed E-state index contributed by atoms with van der Waals surface area (Å²) < 4.78 is 28.5. The molecular formula is C18H23NO2S. The van der Waals surface area contributed by atoms with Crippen molar-refractivity contribution in [3.63, 3.8) is 0 Å². The van der Waals surface area contributed by atoms with Gasteiger partial charge in [0.15, 0.2) is 0 Å². The van der Waals surface area contributed by atoms with Crippen LogP contribution >= 0.6 is 0 Å². The van der Waals surface area contributed by atoms with E-state index in [2.05, 4.69) is 4.72 Å². The predicted octanol–water partition coefficient (Wildman–Crippen LogP) is 4.34. The topological polar surface area (TPSA) is 46.2 Å². The number of sulfonamides is 1. The second-order valence-electron chi connectivity index (χ2n) is 5.87. The van der Waals surface area contributed by atoms with Crippen molar-refractivity contribution in [3.8, 4) is 0 Å². The van der Waals surface area contributed by atoms with Gasteiger partial charge in [-0.25, -0.2) is 8.42 Å². The van der Waals surface area contributed by atoms with Gasteiger partial charge in [-0.1, -0.05) is 18.2 Å². The van der Waals surface area contributed by atoms with E-state index in [4.69, 9.17) is 0 Å². The molecule has 3 nitrogen and oxygen atoms in total. The third-order valence-corrected chi connectivity index (χ3v) is 6.23. The van der Waals surface area contributed by atoms with Gasteiger partial charge in [0.2, 0.25) is 0 Å². The predicted molar refractivity (Wildman–Crippen MR) is 92.1 cm³/mol. The van der Waals surface area contributed by atoms with Gasteiger partial charge in [0, 0.05) is 0 Å². The van der Waals surface area contributed by atoms with Crippen LogP contribution in [-0.4, -0.2) is 8.42 Å². The van der Waals surface area contributed by atoms with E-state index in [1.54, 1.807) is 6.07 Å². The molecule has 0 atom stereocenters. The Morgan fingerprint density at radius 3 is 1.68 bits per heavy atom. The van der Waals surface area contributed by atoms with Crippen LogP contribution in [0, 0.1) is 41.5 Å². The molecule has 0 spiro atoms. The maximum atomic E-state index is 12.9. The largest absolute Gasteiger partial charge is 0.279 e. The van der Waals surface area contributed by atoms with Crippen LogP contribution in [0.4, 0.5) is 5.69 Å². The van der Waals surface area contributed by atoms with E-state index in [1.807, 2.05) is 59.7 Å². The molecule has 2 aromatic rings. The highest BCUT2D eigenvalue weighted by Crippen LogP contribution is 2.31. The van der Waals surface area contributed by atoms with Crippen molar-refractivity contribution < 1.29 is 8.42 Å². The minimum absolute atomic E-state index is 0.399. The number of hydrogen-bond acceptors (Lipinski definition) is 2. The molecule has 0 heterocycles. The van der Waals surface area contributed by atoms with Crippen molar-refractivity contribution in [2.24, 2.45) is 0 Å². The SMILES string of the molecule is Cc1ccccc1NS(=O)(=O)c1c(C)c(C)c(C)c(C)c1C. The van der Waals surface area contributed by atoms with Crippen LogP contribution in [0.3, 0.4) is 0 Å². The Bertz CT molecular complexity index is 807. The molecule has 1 N–H and O–H groups in total. The van der Waals surface area contributed by atoms with Crippen LogP contribution in [0.15, 0.2) is 29.2 Å². The molecule has 0 amide bonds. The van der Waals surface area contributed by atoms with Gasteiger partial charge in [-0.3, -0.25) is 4.72 Å². The normalized spacial score (nSPS) is 11.5. The van der Waals surface area contributed by atoms with Crippen LogP contribution in [-0.2, 0) is 10.0 Å². The highest BCUT2D eigenvalue weighted by atomic mass is 32.2. The van der Waals surface area contributed by atoms with Gasteiger partial charge in [-0.15, -0.1) is 0 Å². The van der Waals surface area contributed by atoms with E-state index < -0.39 is 10.0 Å². The molecule has 0 aliphatic rings. The smallest absolute Gasteiger partial charge is 0.262 e. The number of aryl methyl sites for hydroxylation is 1. The lowest BCUT2D eigenvalue weighted by molar-refractivity contribution is 0.599. The van der Waals surface area contributed by atoms with E-state index in [0.29, 0.717) is 10.6 Å². The number of hydrogen-bond donors (Lipinski definition) is 1. The van der Waals surface area contributed by atoms with Gasteiger partial charge >= 0.3 is 0 Å². The van der Waals surface area contributed by atoms with Crippen molar-refractivity contribution in [2.75, 3.05) is 4.72 Å². The second kappa shape index (κ2) is 5.76. The Morgan fingerprint density at radius 1 is 0.727 bits per heavy atom. The molecule has 0 aromatic heterocycles. The third-order valence-electron chi connectivity index (χ3n) is 4.59. The fraction of sp³-hybridized carbons (Fsp3) is 0.333. The van der Waals surface area contributed by atoms with E-state index >= 15 is 0 Å². The summed E-state index contributed by atoms with van der Waals surface area (Å²) in [4.78, 5) is 0.399. The molecular weight excluding hydrogens is 294 g/mol. The molecule has 0 bridgehead atoms. The molecule has 0 unspecified atom stereocenters. The van der Waals surface area contributed by atoms with Crippen LogP contribution in [0.25, 0.3) is 0 Å². The molecule has 2 rings (SSSR count). The molecule has 2 aromatic carbocycles. The van der Waals surface area contributed by atoms with E-state index in [0.717, 1.165) is 33.4 Å². The highest BCUT2D eigenvalue weighted by molar-refractivity contribution is 7.92. The van der Waals surface area contributed by atoms with Gasteiger partial charge in [0.05, 0.1) is 10.6 Å².